The fourth-order valence-corrected chi connectivity index (χ4v) is 10.6. The maximum absolute atomic E-state index is 13.2. The molecule has 0 aromatic rings. The number of rotatable bonds is 46. The van der Waals surface area contributed by atoms with E-state index in [0.717, 1.165) is 51.4 Å². The van der Waals surface area contributed by atoms with E-state index in [9.17, 15) is 61.0 Å². The number of aliphatic hydroxyl groups is 11. The van der Waals surface area contributed by atoms with Crippen LogP contribution in [-0.4, -0.2) is 193 Å². The summed E-state index contributed by atoms with van der Waals surface area (Å²) < 4.78 is 34.1. The molecule has 468 valence electrons. The van der Waals surface area contributed by atoms with Gasteiger partial charge in [-0.25, -0.2) is 0 Å². The van der Waals surface area contributed by atoms with Crippen molar-refractivity contribution in [2.24, 2.45) is 0 Å². The lowest BCUT2D eigenvalue weighted by Gasteiger charge is -2.48. The highest BCUT2D eigenvalue weighted by Gasteiger charge is 2.53. The number of unbranched alkanes of at least 4 members (excludes halogenated alkanes) is 24. The smallest absolute Gasteiger partial charge is 0.220 e. The third-order valence-electron chi connectivity index (χ3n) is 15.7. The first-order chi connectivity index (χ1) is 38.8. The molecule has 12 N–H and O–H groups in total. The second-order valence-electron chi connectivity index (χ2n) is 22.5. The Kier molecular flexibility index (Phi) is 40.2. The van der Waals surface area contributed by atoms with Crippen molar-refractivity contribution < 1.29 is 89.4 Å². The van der Waals surface area contributed by atoms with Gasteiger partial charge in [-0.2, -0.15) is 0 Å². The predicted molar refractivity (Wildman–Crippen MR) is 305 cm³/mol. The van der Waals surface area contributed by atoms with Crippen molar-refractivity contribution in [1.29, 1.82) is 0 Å². The summed E-state index contributed by atoms with van der Waals surface area (Å²) >= 11 is 0. The normalized spacial score (nSPS) is 30.2. The fourth-order valence-electron chi connectivity index (χ4n) is 10.6. The van der Waals surface area contributed by atoms with Crippen LogP contribution in [0.5, 0.6) is 0 Å². The highest BCUT2D eigenvalue weighted by Crippen LogP contribution is 2.33. The molecule has 0 saturated carbocycles. The predicted octanol–water partition coefficient (Wildman–Crippen LogP) is 6.10. The maximum Gasteiger partial charge on any atom is 0.220 e. The second kappa shape index (κ2) is 44.5. The van der Waals surface area contributed by atoms with Gasteiger partial charge in [-0.05, 0) is 51.4 Å². The summed E-state index contributed by atoms with van der Waals surface area (Å²) in [6.07, 6.45) is 22.1. The van der Waals surface area contributed by atoms with Crippen molar-refractivity contribution >= 4 is 5.91 Å². The van der Waals surface area contributed by atoms with E-state index >= 15 is 0 Å². The molecule has 3 aliphatic heterocycles. The van der Waals surface area contributed by atoms with E-state index in [1.165, 1.54) is 122 Å². The van der Waals surface area contributed by atoms with E-state index in [4.69, 9.17) is 28.4 Å². The quantitative estimate of drug-likeness (QED) is 0.0242. The van der Waals surface area contributed by atoms with Crippen LogP contribution < -0.4 is 5.32 Å². The molecule has 19 nitrogen and oxygen atoms in total. The highest BCUT2D eigenvalue weighted by atomic mass is 16.8. The van der Waals surface area contributed by atoms with Gasteiger partial charge in [-0.15, -0.1) is 0 Å². The van der Waals surface area contributed by atoms with Crippen LogP contribution in [0.4, 0.5) is 0 Å². The molecule has 17 unspecified atom stereocenters. The van der Waals surface area contributed by atoms with Gasteiger partial charge in [0, 0.05) is 6.42 Å². The molecule has 0 aliphatic carbocycles. The standard InChI is InChI=1S/C61H111NO18/c1-3-5-7-9-10-11-12-13-14-15-16-17-18-19-20-21-22-23-24-25-26-27-28-29-30-31-32-33-34-35-37-39-49(67)62-44(45(66)38-36-8-6-4-2)43-75-59-55(73)52(70)57(47(41-64)77-59)80-61-56(74)53(71)58(48(42-65)78-61)79-60-54(72)51(69)50(68)46(40-63)76-60/h12-13,15-16,18-19,44-48,50-61,63-66,68-74H,3-11,14,17,20-43H2,1-2H3,(H,62,67)/b13-12-,16-15-,19-18-. The minimum atomic E-state index is -1.97. The van der Waals surface area contributed by atoms with Crippen LogP contribution in [0.2, 0.25) is 0 Å². The molecule has 0 bridgehead atoms. The number of nitrogens with one attached hydrogen (secondary N) is 1. The zero-order valence-electron chi connectivity index (χ0n) is 48.8. The topological polar surface area (TPSA) is 307 Å². The Bertz CT molecular complexity index is 1600. The Morgan fingerprint density at radius 3 is 1.29 bits per heavy atom. The minimum absolute atomic E-state index is 0.252. The van der Waals surface area contributed by atoms with Gasteiger partial charge in [0.2, 0.25) is 5.91 Å². The van der Waals surface area contributed by atoms with Crippen LogP contribution in [0.3, 0.4) is 0 Å². The average Bonchev–Trinajstić information content (AvgIpc) is 3.58. The van der Waals surface area contributed by atoms with Gasteiger partial charge in [0.25, 0.3) is 0 Å². The van der Waals surface area contributed by atoms with Crippen LogP contribution in [0.15, 0.2) is 36.5 Å². The first-order valence-electron chi connectivity index (χ1n) is 31.2. The molecule has 19 heteroatoms. The van der Waals surface area contributed by atoms with Crippen LogP contribution in [0, 0.1) is 0 Å². The molecule has 80 heavy (non-hydrogen) atoms. The van der Waals surface area contributed by atoms with Crippen LogP contribution in [0.1, 0.15) is 213 Å². The monoisotopic (exact) mass is 1150 g/mol. The largest absolute Gasteiger partial charge is 0.394 e. The molecule has 3 saturated heterocycles. The van der Waals surface area contributed by atoms with Crippen LogP contribution >= 0.6 is 0 Å². The van der Waals surface area contributed by atoms with Crippen molar-refractivity contribution in [3.05, 3.63) is 36.5 Å². The average molecular weight is 1150 g/mol. The van der Waals surface area contributed by atoms with Gasteiger partial charge in [-0.3, -0.25) is 4.79 Å². The Labute approximate surface area is 479 Å². The lowest BCUT2D eigenvalue weighted by molar-refractivity contribution is -0.379. The number of carbonyl (C=O) groups excluding carboxylic acids is 1. The molecule has 3 fully saturated rings. The number of hydrogen-bond donors (Lipinski definition) is 12. The molecular weight excluding hydrogens is 1030 g/mol. The number of hydrogen-bond acceptors (Lipinski definition) is 18. The number of aliphatic hydroxyl groups excluding tert-OH is 11. The molecule has 17 atom stereocenters. The lowest BCUT2D eigenvalue weighted by atomic mass is 9.96. The van der Waals surface area contributed by atoms with Gasteiger partial charge in [0.1, 0.15) is 73.2 Å². The van der Waals surface area contributed by atoms with Crippen molar-refractivity contribution in [2.45, 2.75) is 317 Å². The zero-order chi connectivity index (χ0) is 58.3. The Hall–Kier alpha value is -1.99. The van der Waals surface area contributed by atoms with Crippen molar-refractivity contribution in [2.75, 3.05) is 26.4 Å². The van der Waals surface area contributed by atoms with Crippen LogP contribution in [-0.2, 0) is 33.2 Å². The molecule has 0 aromatic carbocycles. The molecule has 3 aliphatic rings. The summed E-state index contributed by atoms with van der Waals surface area (Å²) in [6.45, 7) is 1.63. The first-order valence-corrected chi connectivity index (χ1v) is 31.2. The van der Waals surface area contributed by atoms with Crippen molar-refractivity contribution in [3.63, 3.8) is 0 Å². The molecule has 0 aromatic heterocycles. The Morgan fingerprint density at radius 1 is 0.450 bits per heavy atom. The third kappa shape index (κ3) is 27.8. The fraction of sp³-hybridized carbons (Fsp3) is 0.885. The van der Waals surface area contributed by atoms with E-state index in [-0.39, 0.29) is 18.9 Å². The van der Waals surface area contributed by atoms with Crippen molar-refractivity contribution in [1.82, 2.24) is 5.32 Å². The highest BCUT2D eigenvalue weighted by molar-refractivity contribution is 5.76. The first kappa shape index (κ1) is 72.3. The van der Waals surface area contributed by atoms with Gasteiger partial charge in [0.15, 0.2) is 18.9 Å². The summed E-state index contributed by atoms with van der Waals surface area (Å²) in [6, 6.07) is -0.882. The second-order valence-corrected chi connectivity index (χ2v) is 22.5. The summed E-state index contributed by atoms with van der Waals surface area (Å²) in [7, 11) is 0. The summed E-state index contributed by atoms with van der Waals surface area (Å²) in [5, 5.41) is 119. The SMILES string of the molecule is CCCCCCC/C=C\C/C=C\C/C=C\CCCCCCCCCCCCCCCCCCC(=O)NC(COC1OC(CO)C(OC2OC(CO)C(OC3OC(CO)C(O)C(O)C3O)C(O)C2O)C(O)C1O)C(O)CCCCCC. The van der Waals surface area contributed by atoms with E-state index in [0.29, 0.717) is 19.3 Å². The number of carbonyl (C=O) groups is 1. The molecule has 1 amide bonds. The summed E-state index contributed by atoms with van der Waals surface area (Å²) in [5.41, 5.74) is 0. The molecule has 3 rings (SSSR count). The maximum atomic E-state index is 13.2. The molecule has 0 spiro atoms. The van der Waals surface area contributed by atoms with E-state index in [2.05, 4.69) is 55.6 Å². The van der Waals surface area contributed by atoms with Gasteiger partial charge in [0.05, 0.1) is 38.6 Å². The molecular formula is C61H111NO18. The zero-order valence-corrected chi connectivity index (χ0v) is 48.8. The van der Waals surface area contributed by atoms with E-state index in [1.54, 1.807) is 0 Å². The molecule has 3 heterocycles. The lowest BCUT2D eigenvalue weighted by Crippen LogP contribution is -2.66. The molecule has 0 radical (unpaired) electrons. The Balaban J connectivity index is 1.29. The minimum Gasteiger partial charge on any atom is -0.394 e. The number of allylic oxidation sites excluding steroid dienone is 6. The summed E-state index contributed by atoms with van der Waals surface area (Å²) in [4.78, 5) is 13.2. The number of amides is 1. The Morgan fingerprint density at radius 2 is 0.825 bits per heavy atom. The summed E-state index contributed by atoms with van der Waals surface area (Å²) in [5.74, 6) is -0.252. The number of ether oxygens (including phenoxy) is 6. The van der Waals surface area contributed by atoms with E-state index < -0.39 is 124 Å². The van der Waals surface area contributed by atoms with Gasteiger partial charge < -0.3 is 89.9 Å². The van der Waals surface area contributed by atoms with Gasteiger partial charge >= 0.3 is 0 Å². The third-order valence-corrected chi connectivity index (χ3v) is 15.7. The van der Waals surface area contributed by atoms with E-state index in [1.807, 2.05) is 0 Å². The van der Waals surface area contributed by atoms with Crippen molar-refractivity contribution in [3.8, 4) is 0 Å². The van der Waals surface area contributed by atoms with Crippen LogP contribution in [0.25, 0.3) is 0 Å². The van der Waals surface area contributed by atoms with Gasteiger partial charge in [-0.1, -0.05) is 192 Å².